The lowest BCUT2D eigenvalue weighted by molar-refractivity contribution is 0.0473. The molecule has 2 rings (SSSR count). The Hall–Kier alpha value is -1.88. The van der Waals surface area contributed by atoms with E-state index in [9.17, 15) is 9.59 Å². The fraction of sp³-hybridized carbons (Fsp3) is 0.333. The Balaban J connectivity index is 2.10. The zero-order valence-electron chi connectivity index (χ0n) is 13.7. The molecule has 0 N–H and O–H groups in total. The minimum Gasteiger partial charge on any atom is -0.454 e. The van der Waals surface area contributed by atoms with E-state index in [1.165, 1.54) is 0 Å². The summed E-state index contributed by atoms with van der Waals surface area (Å²) in [6.07, 6.45) is 0. The Kier molecular flexibility index (Phi) is 5.42. The van der Waals surface area contributed by atoms with E-state index in [-0.39, 0.29) is 18.4 Å². The number of ether oxygens (including phenoxy) is 1. The Morgan fingerprint density at radius 2 is 1.83 bits per heavy atom. The molecule has 1 heterocycles. The average molecular weight is 378 g/mol. The van der Waals surface area contributed by atoms with Crippen LogP contribution in [0.25, 0.3) is 0 Å². The van der Waals surface area contributed by atoms with E-state index in [0.29, 0.717) is 15.6 Å². The van der Waals surface area contributed by atoms with Crippen molar-refractivity contribution in [3.05, 3.63) is 57.3 Å². The van der Waals surface area contributed by atoms with Gasteiger partial charge in [0.1, 0.15) is 0 Å². The molecule has 0 fully saturated rings. The second-order valence-corrected chi connectivity index (χ2v) is 6.58. The smallest absolute Gasteiger partial charge is 0.339 e. The number of rotatable bonds is 5. The van der Waals surface area contributed by atoms with Gasteiger partial charge in [-0.3, -0.25) is 4.79 Å². The standard InChI is InChI=1S/C18H20BrNO3/c1-11(2)20-12(3)9-15(13(20)4)17(21)10-23-18(22)14-7-5-6-8-16(14)19/h5-9,11H,10H2,1-4H3. The van der Waals surface area contributed by atoms with Crippen LogP contribution in [0.4, 0.5) is 0 Å². The highest BCUT2D eigenvalue weighted by molar-refractivity contribution is 9.10. The van der Waals surface area contributed by atoms with Crippen molar-refractivity contribution in [3.63, 3.8) is 0 Å². The lowest BCUT2D eigenvalue weighted by Crippen LogP contribution is -2.15. The molecule has 0 saturated heterocycles. The summed E-state index contributed by atoms with van der Waals surface area (Å²) in [5.74, 6) is -0.700. The van der Waals surface area contributed by atoms with Gasteiger partial charge in [-0.1, -0.05) is 12.1 Å². The van der Waals surface area contributed by atoms with Crippen LogP contribution in [0.1, 0.15) is 52.0 Å². The molecule has 0 aliphatic heterocycles. The number of carbonyl (C=O) groups is 2. The number of ketones is 1. The first-order valence-electron chi connectivity index (χ1n) is 7.46. The van der Waals surface area contributed by atoms with Crippen LogP contribution in [0, 0.1) is 13.8 Å². The van der Waals surface area contributed by atoms with E-state index in [1.54, 1.807) is 18.2 Å². The van der Waals surface area contributed by atoms with Gasteiger partial charge >= 0.3 is 5.97 Å². The van der Waals surface area contributed by atoms with E-state index in [0.717, 1.165) is 11.4 Å². The molecular weight excluding hydrogens is 358 g/mol. The number of aromatic nitrogens is 1. The number of hydrogen-bond acceptors (Lipinski definition) is 3. The van der Waals surface area contributed by atoms with Gasteiger partial charge < -0.3 is 9.30 Å². The molecule has 122 valence electrons. The van der Waals surface area contributed by atoms with Crippen LogP contribution in [0.2, 0.25) is 0 Å². The molecule has 0 radical (unpaired) electrons. The van der Waals surface area contributed by atoms with Crippen LogP contribution in [0.15, 0.2) is 34.8 Å². The Labute approximate surface area is 144 Å². The first kappa shape index (κ1) is 17.5. The lowest BCUT2D eigenvalue weighted by Gasteiger charge is -2.13. The van der Waals surface area contributed by atoms with Crippen molar-refractivity contribution in [1.29, 1.82) is 0 Å². The van der Waals surface area contributed by atoms with E-state index >= 15 is 0 Å². The fourth-order valence-corrected chi connectivity index (χ4v) is 3.21. The number of carbonyl (C=O) groups excluding carboxylic acids is 2. The maximum absolute atomic E-state index is 12.4. The number of benzene rings is 1. The second-order valence-electron chi connectivity index (χ2n) is 5.73. The van der Waals surface area contributed by atoms with E-state index in [4.69, 9.17) is 4.74 Å². The predicted octanol–water partition coefficient (Wildman–Crippen LogP) is 4.49. The largest absolute Gasteiger partial charge is 0.454 e. The molecule has 0 bridgehead atoms. The molecule has 0 amide bonds. The summed E-state index contributed by atoms with van der Waals surface area (Å²) in [5.41, 5.74) is 2.95. The molecular formula is C18H20BrNO3. The van der Waals surface area contributed by atoms with Gasteiger partial charge in [-0.25, -0.2) is 4.79 Å². The van der Waals surface area contributed by atoms with E-state index < -0.39 is 5.97 Å². The van der Waals surface area contributed by atoms with Crippen molar-refractivity contribution in [2.24, 2.45) is 0 Å². The normalized spacial score (nSPS) is 10.9. The Morgan fingerprint density at radius 3 is 2.39 bits per heavy atom. The number of aryl methyl sites for hydroxylation is 1. The average Bonchev–Trinajstić information content (AvgIpc) is 2.80. The second kappa shape index (κ2) is 7.13. The molecule has 0 spiro atoms. The summed E-state index contributed by atoms with van der Waals surface area (Å²) >= 11 is 3.30. The number of Topliss-reactive ketones (excluding diaryl/α,β-unsaturated/α-hetero) is 1. The summed E-state index contributed by atoms with van der Waals surface area (Å²) < 4.78 is 7.91. The van der Waals surface area contributed by atoms with Crippen LogP contribution in [0.5, 0.6) is 0 Å². The van der Waals surface area contributed by atoms with E-state index in [1.807, 2.05) is 26.0 Å². The van der Waals surface area contributed by atoms with Gasteiger partial charge in [0.2, 0.25) is 5.78 Å². The van der Waals surface area contributed by atoms with Gasteiger partial charge in [0.25, 0.3) is 0 Å². The quantitative estimate of drug-likeness (QED) is 0.569. The first-order chi connectivity index (χ1) is 10.8. The van der Waals surface area contributed by atoms with Gasteiger partial charge in [-0.05, 0) is 61.8 Å². The maximum Gasteiger partial charge on any atom is 0.339 e. The van der Waals surface area contributed by atoms with E-state index in [2.05, 4.69) is 34.3 Å². The van der Waals surface area contributed by atoms with Gasteiger partial charge in [0.05, 0.1) is 5.56 Å². The van der Waals surface area contributed by atoms with Crippen molar-refractivity contribution >= 4 is 27.7 Å². The number of hydrogen-bond donors (Lipinski definition) is 0. The minimum absolute atomic E-state index is 0.189. The van der Waals surface area contributed by atoms with Gasteiger partial charge in [0, 0.05) is 27.5 Å². The molecule has 0 atom stereocenters. The molecule has 1 aromatic heterocycles. The molecule has 0 aliphatic rings. The number of nitrogens with zero attached hydrogens (tertiary/aromatic N) is 1. The molecule has 0 aliphatic carbocycles. The van der Waals surface area contributed by atoms with Gasteiger partial charge in [-0.15, -0.1) is 0 Å². The highest BCUT2D eigenvalue weighted by atomic mass is 79.9. The topological polar surface area (TPSA) is 48.3 Å². The SMILES string of the molecule is Cc1cc(C(=O)COC(=O)c2ccccc2Br)c(C)n1C(C)C. The van der Waals surface area contributed by atoms with Crippen molar-refractivity contribution in [1.82, 2.24) is 4.57 Å². The summed E-state index contributed by atoms with van der Waals surface area (Å²) in [4.78, 5) is 24.4. The van der Waals surface area contributed by atoms with Crippen LogP contribution in [-0.4, -0.2) is 22.9 Å². The van der Waals surface area contributed by atoms with Gasteiger partial charge in [-0.2, -0.15) is 0 Å². The molecule has 0 saturated carbocycles. The third-order valence-corrected chi connectivity index (χ3v) is 4.42. The van der Waals surface area contributed by atoms with Crippen LogP contribution in [-0.2, 0) is 4.74 Å². The predicted molar refractivity (Wildman–Crippen MR) is 93.0 cm³/mol. The number of esters is 1. The number of halogens is 1. The Bertz CT molecular complexity index is 747. The first-order valence-corrected chi connectivity index (χ1v) is 8.25. The monoisotopic (exact) mass is 377 g/mol. The van der Waals surface area contributed by atoms with Crippen molar-refractivity contribution < 1.29 is 14.3 Å². The van der Waals surface area contributed by atoms with Crippen molar-refractivity contribution in [3.8, 4) is 0 Å². The summed E-state index contributed by atoms with van der Waals surface area (Å²) in [5, 5.41) is 0. The van der Waals surface area contributed by atoms with Crippen LogP contribution >= 0.6 is 15.9 Å². The van der Waals surface area contributed by atoms with Gasteiger partial charge in [0.15, 0.2) is 6.61 Å². The molecule has 5 heteroatoms. The zero-order chi connectivity index (χ0) is 17.1. The third-order valence-electron chi connectivity index (χ3n) is 3.73. The summed E-state index contributed by atoms with van der Waals surface area (Å²) in [7, 11) is 0. The van der Waals surface area contributed by atoms with Crippen molar-refractivity contribution in [2.45, 2.75) is 33.7 Å². The van der Waals surface area contributed by atoms with Crippen molar-refractivity contribution in [2.75, 3.05) is 6.61 Å². The molecule has 23 heavy (non-hydrogen) atoms. The molecule has 2 aromatic rings. The molecule has 0 unspecified atom stereocenters. The fourth-order valence-electron chi connectivity index (χ4n) is 2.77. The molecule has 1 aromatic carbocycles. The lowest BCUT2D eigenvalue weighted by atomic mass is 10.1. The van der Waals surface area contributed by atoms with Crippen LogP contribution in [0.3, 0.4) is 0 Å². The molecule has 4 nitrogen and oxygen atoms in total. The van der Waals surface area contributed by atoms with Crippen LogP contribution < -0.4 is 0 Å². The summed E-state index contributed by atoms with van der Waals surface area (Å²) in [6, 6.07) is 9.10. The highest BCUT2D eigenvalue weighted by Gasteiger charge is 2.19. The Morgan fingerprint density at radius 1 is 1.17 bits per heavy atom. The minimum atomic E-state index is -0.511. The summed E-state index contributed by atoms with van der Waals surface area (Å²) in [6.45, 7) is 7.76. The zero-order valence-corrected chi connectivity index (χ0v) is 15.3. The third kappa shape index (κ3) is 3.72. The highest BCUT2D eigenvalue weighted by Crippen LogP contribution is 2.21. The maximum atomic E-state index is 12.4.